The van der Waals surface area contributed by atoms with E-state index in [2.05, 4.69) is 16.7 Å². The van der Waals surface area contributed by atoms with Gasteiger partial charge in [-0.3, -0.25) is 9.69 Å². The minimum atomic E-state index is -0.370. The van der Waals surface area contributed by atoms with Gasteiger partial charge in [0.1, 0.15) is 0 Å². The van der Waals surface area contributed by atoms with Gasteiger partial charge in [-0.05, 0) is 50.8 Å². The third-order valence-corrected chi connectivity index (χ3v) is 4.05. The van der Waals surface area contributed by atoms with Crippen LogP contribution in [0.3, 0.4) is 0 Å². The maximum atomic E-state index is 11.3. The number of benzene rings is 1. The normalized spacial score (nSPS) is 11.2. The fourth-order valence-corrected chi connectivity index (χ4v) is 2.01. The molecular weight excluding hydrogens is 318 g/mol. The Kier molecular flexibility index (Phi) is 7.98. The van der Waals surface area contributed by atoms with Gasteiger partial charge in [-0.1, -0.05) is 41.4 Å². The summed E-state index contributed by atoms with van der Waals surface area (Å²) in [6.07, 6.45) is 1.73. The second-order valence-corrected chi connectivity index (χ2v) is 6.62. The summed E-state index contributed by atoms with van der Waals surface area (Å²) in [5.74, 6) is 5.66. The third-order valence-electron chi connectivity index (χ3n) is 3.34. The van der Waals surface area contributed by atoms with Crippen molar-refractivity contribution in [3.8, 4) is 11.8 Å². The smallest absolute Gasteiger partial charge is 0.262 e. The number of thioether (sulfide) groups is 1. The highest BCUT2D eigenvalue weighted by atomic mass is 35.5. The highest BCUT2D eigenvalue weighted by molar-refractivity contribution is 8.13. The first kappa shape index (κ1) is 19.1. The largest absolute Gasteiger partial charge is 0.375 e. The number of likely N-dealkylation sites (N-methyl/N-ethyl adjacent to an activating group) is 1. The first-order valence-corrected chi connectivity index (χ1v) is 8.60. The van der Waals surface area contributed by atoms with Crippen molar-refractivity contribution < 1.29 is 9.53 Å². The summed E-state index contributed by atoms with van der Waals surface area (Å²) >= 11 is 7.06. The van der Waals surface area contributed by atoms with Crippen LogP contribution in [0.1, 0.15) is 19.4 Å². The number of halogens is 1. The molecule has 120 valence electrons. The Hall–Kier alpha value is -0.990. The molecule has 0 aromatic heterocycles. The fraction of sp³-hybridized carbons (Fsp3) is 0.471. The molecule has 0 aliphatic heterocycles. The van der Waals surface area contributed by atoms with Gasteiger partial charge in [0.2, 0.25) is 0 Å². The van der Waals surface area contributed by atoms with Crippen LogP contribution in [0, 0.1) is 11.8 Å². The van der Waals surface area contributed by atoms with E-state index in [1.54, 1.807) is 6.26 Å². The quantitative estimate of drug-likeness (QED) is 0.586. The molecule has 3 nitrogen and oxygen atoms in total. The van der Waals surface area contributed by atoms with Crippen molar-refractivity contribution in [3.63, 3.8) is 0 Å². The van der Waals surface area contributed by atoms with Gasteiger partial charge >= 0.3 is 0 Å². The highest BCUT2D eigenvalue weighted by Crippen LogP contribution is 2.13. The standard InChI is InChI=1S/C17H22ClNO2S/c1-17(2,9-8-16(20)22-4)19(3)10-11-21-13-14-6-5-7-15(18)12-14/h5-7,12H,10-11,13H2,1-4H3. The van der Waals surface area contributed by atoms with E-state index in [-0.39, 0.29) is 10.7 Å². The monoisotopic (exact) mass is 339 g/mol. The van der Waals surface area contributed by atoms with Crippen molar-refractivity contribution in [2.24, 2.45) is 0 Å². The van der Waals surface area contributed by atoms with Crippen molar-refractivity contribution in [1.29, 1.82) is 0 Å². The van der Waals surface area contributed by atoms with Gasteiger partial charge in [-0.25, -0.2) is 0 Å². The lowest BCUT2D eigenvalue weighted by molar-refractivity contribution is -0.106. The molecule has 22 heavy (non-hydrogen) atoms. The van der Waals surface area contributed by atoms with Gasteiger partial charge in [0.15, 0.2) is 0 Å². The van der Waals surface area contributed by atoms with Crippen molar-refractivity contribution in [2.45, 2.75) is 26.0 Å². The van der Waals surface area contributed by atoms with Gasteiger partial charge in [0, 0.05) is 11.6 Å². The zero-order valence-electron chi connectivity index (χ0n) is 13.5. The molecule has 0 heterocycles. The lowest BCUT2D eigenvalue weighted by Gasteiger charge is -2.30. The van der Waals surface area contributed by atoms with Crippen LogP contribution in [0.25, 0.3) is 0 Å². The maximum absolute atomic E-state index is 11.3. The Morgan fingerprint density at radius 2 is 2.18 bits per heavy atom. The molecule has 1 aromatic carbocycles. The van der Waals surface area contributed by atoms with E-state index in [4.69, 9.17) is 16.3 Å². The van der Waals surface area contributed by atoms with Crippen LogP contribution < -0.4 is 0 Å². The Bertz CT molecular complexity index is 563. The van der Waals surface area contributed by atoms with Gasteiger partial charge in [0.25, 0.3) is 5.12 Å². The van der Waals surface area contributed by atoms with E-state index in [0.29, 0.717) is 18.2 Å². The SMILES string of the molecule is CSC(=O)C#CC(C)(C)N(C)CCOCc1cccc(Cl)c1. The fourth-order valence-electron chi connectivity index (χ4n) is 1.65. The van der Waals surface area contributed by atoms with E-state index in [1.807, 2.05) is 45.2 Å². The molecule has 0 saturated heterocycles. The summed E-state index contributed by atoms with van der Waals surface area (Å²) in [5.41, 5.74) is 0.685. The average Bonchev–Trinajstić information content (AvgIpc) is 2.49. The molecule has 0 atom stereocenters. The average molecular weight is 340 g/mol. The molecule has 0 spiro atoms. The molecular formula is C17H22ClNO2S. The minimum Gasteiger partial charge on any atom is -0.375 e. The first-order valence-electron chi connectivity index (χ1n) is 6.99. The molecule has 0 N–H and O–H groups in total. The summed E-state index contributed by atoms with van der Waals surface area (Å²) in [4.78, 5) is 13.3. The predicted molar refractivity (Wildman–Crippen MR) is 94.1 cm³/mol. The van der Waals surface area contributed by atoms with Crippen LogP contribution in [0.15, 0.2) is 24.3 Å². The number of carbonyl (C=O) groups is 1. The van der Waals surface area contributed by atoms with Crippen LogP contribution in [0.2, 0.25) is 5.02 Å². The number of hydrogen-bond acceptors (Lipinski definition) is 4. The van der Waals surface area contributed by atoms with Gasteiger partial charge in [0.05, 0.1) is 18.8 Å². The van der Waals surface area contributed by atoms with Crippen LogP contribution in [0.4, 0.5) is 0 Å². The third kappa shape index (κ3) is 6.85. The van der Waals surface area contributed by atoms with Gasteiger partial charge in [-0.15, -0.1) is 0 Å². The van der Waals surface area contributed by atoms with Gasteiger partial charge in [-0.2, -0.15) is 0 Å². The maximum Gasteiger partial charge on any atom is 0.262 e. The highest BCUT2D eigenvalue weighted by Gasteiger charge is 2.20. The van der Waals surface area contributed by atoms with Crippen molar-refractivity contribution in [2.75, 3.05) is 26.5 Å². The van der Waals surface area contributed by atoms with Crippen LogP contribution in [0.5, 0.6) is 0 Å². The van der Waals surface area contributed by atoms with E-state index in [9.17, 15) is 4.79 Å². The molecule has 0 unspecified atom stereocenters. The summed E-state index contributed by atoms with van der Waals surface area (Å²) in [6.45, 7) is 5.83. The number of ether oxygens (including phenoxy) is 1. The van der Waals surface area contributed by atoms with E-state index in [0.717, 1.165) is 23.9 Å². The predicted octanol–water partition coefficient (Wildman–Crippen LogP) is 3.46. The molecule has 0 amide bonds. The van der Waals surface area contributed by atoms with Crippen molar-refractivity contribution in [1.82, 2.24) is 4.90 Å². The zero-order valence-corrected chi connectivity index (χ0v) is 15.1. The molecule has 0 aliphatic rings. The molecule has 0 bridgehead atoms. The van der Waals surface area contributed by atoms with Gasteiger partial charge < -0.3 is 4.74 Å². The van der Waals surface area contributed by atoms with Crippen molar-refractivity contribution >= 4 is 28.5 Å². The minimum absolute atomic E-state index is 0.112. The zero-order chi connectivity index (χ0) is 16.6. The number of carbonyl (C=O) groups excluding carboxylic acids is 1. The summed E-state index contributed by atoms with van der Waals surface area (Å²) < 4.78 is 5.67. The Balaban J connectivity index is 2.40. The van der Waals surface area contributed by atoms with E-state index < -0.39 is 0 Å². The molecule has 1 rings (SSSR count). The second kappa shape index (κ2) is 9.22. The lowest BCUT2D eigenvalue weighted by Crippen LogP contribution is -2.41. The van der Waals surface area contributed by atoms with Crippen LogP contribution in [-0.2, 0) is 16.1 Å². The lowest BCUT2D eigenvalue weighted by atomic mass is 10.0. The molecule has 0 radical (unpaired) electrons. The molecule has 0 saturated carbocycles. The van der Waals surface area contributed by atoms with Crippen LogP contribution >= 0.6 is 23.4 Å². The van der Waals surface area contributed by atoms with E-state index in [1.165, 1.54) is 0 Å². The topological polar surface area (TPSA) is 29.5 Å². The molecule has 0 aliphatic carbocycles. The van der Waals surface area contributed by atoms with Crippen LogP contribution in [-0.4, -0.2) is 42.0 Å². The number of nitrogens with zero attached hydrogens (tertiary/aromatic N) is 1. The summed E-state index contributed by atoms with van der Waals surface area (Å²) in [7, 11) is 1.97. The Morgan fingerprint density at radius 1 is 1.45 bits per heavy atom. The molecule has 5 heteroatoms. The molecule has 1 aromatic rings. The Morgan fingerprint density at radius 3 is 2.82 bits per heavy atom. The molecule has 0 fully saturated rings. The first-order chi connectivity index (χ1) is 10.3. The second-order valence-electron chi connectivity index (χ2n) is 5.40. The number of hydrogen-bond donors (Lipinski definition) is 0. The summed E-state index contributed by atoms with van der Waals surface area (Å²) in [5, 5.41) is 0.603. The van der Waals surface area contributed by atoms with E-state index >= 15 is 0 Å². The summed E-state index contributed by atoms with van der Waals surface area (Å²) in [6, 6.07) is 7.64. The number of rotatable bonds is 6. The Labute approximate surface area is 142 Å². The van der Waals surface area contributed by atoms with Crippen molar-refractivity contribution in [3.05, 3.63) is 34.9 Å².